The first kappa shape index (κ1) is 52.6. The van der Waals surface area contributed by atoms with Gasteiger partial charge in [0.25, 0.3) is 7.82 Å². The van der Waals surface area contributed by atoms with Crippen LogP contribution in [-0.4, -0.2) is 104 Å². The van der Waals surface area contributed by atoms with Gasteiger partial charge in [0, 0.05) is 18.8 Å². The largest absolute Gasteiger partial charge is 0.756 e. The summed E-state index contributed by atoms with van der Waals surface area (Å²) in [5.74, 6) is -1.80. The molecule has 1 aliphatic rings. The van der Waals surface area contributed by atoms with Gasteiger partial charge in [-0.2, -0.15) is 0 Å². The highest BCUT2D eigenvalue weighted by molar-refractivity contribution is 7.45. The molecule has 1 fully saturated rings. The van der Waals surface area contributed by atoms with Crippen LogP contribution in [0.15, 0.2) is 60.8 Å². The number of esters is 2. The number of likely N-dealkylation sites (N-methyl/N-ethyl adjacent to an activating group) is 1. The summed E-state index contributed by atoms with van der Waals surface area (Å²) >= 11 is 0. The SMILES string of the molecule is CC/C=C\C/C=C\C/C=C\CCCCCCCC(=O)OC[C@H](COP(=O)([O-])OCC[N+](C)(C)C)OC(=O)C/C=C\C[C@H]1[C@@H](/C=C/[C@H](O)CCCCC)[C@H](O)C[C@@H]1O. The van der Waals surface area contributed by atoms with Crippen molar-refractivity contribution in [1.29, 1.82) is 0 Å². The Morgan fingerprint density at radius 1 is 0.825 bits per heavy atom. The van der Waals surface area contributed by atoms with Gasteiger partial charge in [-0.15, -0.1) is 0 Å². The maximum atomic E-state index is 12.8. The molecule has 0 spiro atoms. The van der Waals surface area contributed by atoms with Crippen LogP contribution in [0.3, 0.4) is 0 Å². The fourth-order valence-electron chi connectivity index (χ4n) is 6.23. The Labute approximate surface area is 343 Å². The number of phosphoric acid groups is 1. The van der Waals surface area contributed by atoms with E-state index in [-0.39, 0.29) is 44.3 Å². The van der Waals surface area contributed by atoms with Crippen molar-refractivity contribution < 1.29 is 57.4 Å². The molecule has 0 radical (unpaired) electrons. The summed E-state index contributed by atoms with van der Waals surface area (Å²) in [6.07, 6.45) is 29.5. The van der Waals surface area contributed by atoms with Crippen molar-refractivity contribution in [2.45, 2.75) is 147 Å². The van der Waals surface area contributed by atoms with Crippen molar-refractivity contribution in [2.75, 3.05) is 47.5 Å². The molecule has 0 amide bonds. The number of unbranched alkanes of at least 4 members (excludes halogenated alkanes) is 7. The van der Waals surface area contributed by atoms with E-state index in [1.807, 2.05) is 21.1 Å². The Hall–Kier alpha value is -2.41. The lowest BCUT2D eigenvalue weighted by Crippen LogP contribution is -2.37. The van der Waals surface area contributed by atoms with Crippen molar-refractivity contribution in [3.05, 3.63) is 60.8 Å². The van der Waals surface area contributed by atoms with Crippen molar-refractivity contribution in [3.63, 3.8) is 0 Å². The maximum absolute atomic E-state index is 12.8. The van der Waals surface area contributed by atoms with Gasteiger partial charge in [-0.1, -0.05) is 113 Å². The summed E-state index contributed by atoms with van der Waals surface area (Å²) in [5.41, 5.74) is 0. The first-order chi connectivity index (χ1) is 27.2. The molecule has 0 heterocycles. The van der Waals surface area contributed by atoms with Crippen LogP contribution in [0.4, 0.5) is 0 Å². The molecule has 0 aliphatic heterocycles. The lowest BCUT2D eigenvalue weighted by molar-refractivity contribution is -0.870. The van der Waals surface area contributed by atoms with Gasteiger partial charge in [0.15, 0.2) is 6.10 Å². The Kier molecular flexibility index (Phi) is 29.1. The fourth-order valence-corrected chi connectivity index (χ4v) is 6.96. The fraction of sp³-hybridized carbons (Fsp3) is 0.727. The molecular weight excluding hydrogens is 749 g/mol. The first-order valence-corrected chi connectivity index (χ1v) is 22.7. The molecular formula is C44H76NO11P. The summed E-state index contributed by atoms with van der Waals surface area (Å²) in [4.78, 5) is 37.8. The van der Waals surface area contributed by atoms with E-state index in [0.29, 0.717) is 30.3 Å². The number of quaternary nitrogens is 1. The van der Waals surface area contributed by atoms with Gasteiger partial charge in [-0.3, -0.25) is 14.2 Å². The molecule has 57 heavy (non-hydrogen) atoms. The monoisotopic (exact) mass is 826 g/mol. The molecule has 13 heteroatoms. The number of carbonyl (C=O) groups excluding carboxylic acids is 2. The Balaban J connectivity index is 2.60. The van der Waals surface area contributed by atoms with E-state index in [1.165, 1.54) is 0 Å². The predicted molar refractivity (Wildman–Crippen MR) is 224 cm³/mol. The molecule has 0 bridgehead atoms. The highest BCUT2D eigenvalue weighted by Gasteiger charge is 2.39. The van der Waals surface area contributed by atoms with Gasteiger partial charge in [-0.25, -0.2) is 0 Å². The molecule has 328 valence electrons. The third kappa shape index (κ3) is 28.6. The zero-order chi connectivity index (χ0) is 42.4. The topological polar surface area (TPSA) is 172 Å². The number of hydrogen-bond acceptors (Lipinski definition) is 11. The average molecular weight is 826 g/mol. The zero-order valence-corrected chi connectivity index (χ0v) is 36.5. The Morgan fingerprint density at radius 3 is 2.21 bits per heavy atom. The second-order valence-electron chi connectivity index (χ2n) is 16.0. The van der Waals surface area contributed by atoms with Crippen LogP contribution in [0.5, 0.6) is 0 Å². The number of aliphatic hydroxyl groups excluding tert-OH is 3. The number of phosphoric ester groups is 1. The van der Waals surface area contributed by atoms with Crippen molar-refractivity contribution in [3.8, 4) is 0 Å². The van der Waals surface area contributed by atoms with E-state index in [4.69, 9.17) is 18.5 Å². The minimum Gasteiger partial charge on any atom is -0.756 e. The van der Waals surface area contributed by atoms with E-state index < -0.39 is 50.8 Å². The quantitative estimate of drug-likeness (QED) is 0.0198. The van der Waals surface area contributed by atoms with E-state index in [9.17, 15) is 34.4 Å². The summed E-state index contributed by atoms with van der Waals surface area (Å²) in [6, 6.07) is 0. The zero-order valence-electron chi connectivity index (χ0n) is 35.6. The molecule has 0 aromatic heterocycles. The minimum atomic E-state index is -4.72. The molecule has 7 atom stereocenters. The van der Waals surface area contributed by atoms with Crippen LogP contribution in [0, 0.1) is 11.8 Å². The summed E-state index contributed by atoms with van der Waals surface area (Å²) in [6.45, 7) is 3.58. The van der Waals surface area contributed by atoms with E-state index >= 15 is 0 Å². The van der Waals surface area contributed by atoms with Crippen LogP contribution in [0.1, 0.15) is 123 Å². The highest BCUT2D eigenvalue weighted by Crippen LogP contribution is 2.38. The van der Waals surface area contributed by atoms with E-state index in [0.717, 1.165) is 70.6 Å². The van der Waals surface area contributed by atoms with Crippen molar-refractivity contribution >= 4 is 19.8 Å². The van der Waals surface area contributed by atoms with E-state index in [2.05, 4.69) is 50.3 Å². The van der Waals surface area contributed by atoms with Crippen LogP contribution in [0.25, 0.3) is 0 Å². The van der Waals surface area contributed by atoms with Gasteiger partial charge >= 0.3 is 11.9 Å². The normalized spacial score (nSPS) is 21.4. The molecule has 1 rings (SSSR count). The van der Waals surface area contributed by atoms with Crippen molar-refractivity contribution in [1.82, 2.24) is 0 Å². The number of rotatable bonds is 33. The van der Waals surface area contributed by atoms with Gasteiger partial charge in [0.05, 0.1) is 52.5 Å². The van der Waals surface area contributed by atoms with Crippen LogP contribution in [-0.2, 0) is 32.7 Å². The molecule has 1 aliphatic carbocycles. The van der Waals surface area contributed by atoms with Crippen LogP contribution in [0.2, 0.25) is 0 Å². The molecule has 0 aromatic carbocycles. The molecule has 1 unspecified atom stereocenters. The Bertz CT molecular complexity index is 1280. The smallest absolute Gasteiger partial charge is 0.310 e. The summed E-state index contributed by atoms with van der Waals surface area (Å²) in [5, 5.41) is 31.4. The number of nitrogens with zero attached hydrogens (tertiary/aromatic N) is 1. The first-order valence-electron chi connectivity index (χ1n) is 21.3. The molecule has 3 N–H and O–H groups in total. The standard InChI is InChI=1S/C44H76NO11P/c1-6-8-10-11-12-13-14-15-16-17-18-19-20-21-23-28-43(49)53-35-38(36-55-57(51,52)54-33-32-45(3,4)5)56-44(50)29-25-24-27-39-40(42(48)34-41(39)47)31-30-37(46)26-22-9-7-2/h8,10,12-13,15-16,24-25,30-31,37-42,46-48H,6-7,9,11,14,17-23,26-29,32-36H2,1-5H3/b10-8-,13-12-,16-15-,25-24-,31-30+/t37-,38-,39+,40-,41+,42-/m1/s1. The summed E-state index contributed by atoms with van der Waals surface area (Å²) < 4.78 is 33.7. The Morgan fingerprint density at radius 2 is 1.51 bits per heavy atom. The lowest BCUT2D eigenvalue weighted by Gasteiger charge is -2.28. The van der Waals surface area contributed by atoms with Gasteiger partial charge in [0.2, 0.25) is 0 Å². The average Bonchev–Trinajstić information content (AvgIpc) is 3.42. The molecule has 1 saturated carbocycles. The number of ether oxygens (including phenoxy) is 2. The second-order valence-corrected chi connectivity index (χ2v) is 17.4. The summed E-state index contributed by atoms with van der Waals surface area (Å²) in [7, 11) is 0.949. The van der Waals surface area contributed by atoms with Gasteiger partial charge in [-0.05, 0) is 57.3 Å². The number of carbonyl (C=O) groups is 2. The second kappa shape index (κ2) is 31.5. The van der Waals surface area contributed by atoms with Crippen LogP contribution >= 0.6 is 7.82 Å². The highest BCUT2D eigenvalue weighted by atomic mass is 31.2. The molecule has 0 saturated heterocycles. The number of allylic oxidation sites excluding steroid dienone is 7. The van der Waals surface area contributed by atoms with E-state index in [1.54, 1.807) is 24.3 Å². The molecule has 12 nitrogen and oxygen atoms in total. The minimum absolute atomic E-state index is 0.0941. The third-order valence-electron chi connectivity index (χ3n) is 9.62. The van der Waals surface area contributed by atoms with Gasteiger partial charge < -0.3 is 43.2 Å². The van der Waals surface area contributed by atoms with Gasteiger partial charge in [0.1, 0.15) is 19.8 Å². The lowest BCUT2D eigenvalue weighted by atomic mass is 9.89. The predicted octanol–water partition coefficient (Wildman–Crippen LogP) is 7.43. The van der Waals surface area contributed by atoms with Crippen molar-refractivity contribution in [2.24, 2.45) is 11.8 Å². The number of hydrogen-bond donors (Lipinski definition) is 3. The third-order valence-corrected chi connectivity index (χ3v) is 10.6. The molecule has 0 aromatic rings. The number of aliphatic hydroxyl groups is 3. The van der Waals surface area contributed by atoms with Crippen LogP contribution < -0.4 is 4.89 Å². The maximum Gasteiger partial charge on any atom is 0.310 e.